The number of carbonyl (C=O) groups excluding carboxylic acids is 1. The van der Waals surface area contributed by atoms with E-state index in [1.165, 1.54) is 64.5 Å². The van der Waals surface area contributed by atoms with Gasteiger partial charge in [-0.25, -0.2) is 0 Å². The Hall–Kier alpha value is -0.570. The zero-order valence-corrected chi connectivity index (χ0v) is 13.8. The van der Waals surface area contributed by atoms with Crippen molar-refractivity contribution in [3.8, 4) is 0 Å². The molecule has 3 unspecified atom stereocenters. The molecule has 0 spiro atoms. The van der Waals surface area contributed by atoms with Gasteiger partial charge in [-0.05, 0) is 44.9 Å². The van der Waals surface area contributed by atoms with E-state index in [0.717, 1.165) is 25.3 Å². The van der Waals surface area contributed by atoms with E-state index in [9.17, 15) is 4.79 Å². The molecule has 3 nitrogen and oxygen atoms in total. The van der Waals surface area contributed by atoms with Crippen LogP contribution < -0.4 is 4.90 Å². The minimum Gasteiger partial charge on any atom is -0.339 e. The molecule has 0 bridgehead atoms. The number of nitrogens with zero attached hydrogens (tertiary/aromatic N) is 1. The van der Waals surface area contributed by atoms with E-state index in [1.54, 1.807) is 4.90 Å². The highest BCUT2D eigenvalue weighted by Crippen LogP contribution is 2.31. The lowest BCUT2D eigenvalue weighted by atomic mass is 9.82. The maximum Gasteiger partial charge on any atom is 0.225 e. The van der Waals surface area contributed by atoms with E-state index in [4.69, 9.17) is 0 Å². The smallest absolute Gasteiger partial charge is 0.225 e. The number of hydrogen-bond acceptors (Lipinski definition) is 1. The van der Waals surface area contributed by atoms with Crippen LogP contribution in [0.4, 0.5) is 0 Å². The van der Waals surface area contributed by atoms with Crippen LogP contribution in [0.25, 0.3) is 0 Å². The van der Waals surface area contributed by atoms with Gasteiger partial charge in [0.15, 0.2) is 0 Å². The molecule has 120 valence electrons. The molecule has 3 atom stereocenters. The number of nitrogens with one attached hydrogen (secondary N) is 1. The van der Waals surface area contributed by atoms with Gasteiger partial charge < -0.3 is 9.80 Å². The van der Waals surface area contributed by atoms with Gasteiger partial charge in [-0.15, -0.1) is 0 Å². The van der Waals surface area contributed by atoms with Crippen LogP contribution in [-0.4, -0.2) is 43.5 Å². The summed E-state index contributed by atoms with van der Waals surface area (Å²) in [5, 5.41) is 0. The fourth-order valence-corrected chi connectivity index (χ4v) is 4.95. The highest BCUT2D eigenvalue weighted by molar-refractivity contribution is 5.79. The van der Waals surface area contributed by atoms with Crippen LogP contribution in [0.2, 0.25) is 0 Å². The summed E-state index contributed by atoms with van der Waals surface area (Å²) in [6, 6.07) is 0.559. The van der Waals surface area contributed by atoms with Gasteiger partial charge in [0.1, 0.15) is 0 Å². The Labute approximate surface area is 130 Å². The molecule has 3 heteroatoms. The summed E-state index contributed by atoms with van der Waals surface area (Å²) < 4.78 is 0. The largest absolute Gasteiger partial charge is 0.339 e. The minimum absolute atomic E-state index is 0.355. The molecule has 1 amide bonds. The predicted molar refractivity (Wildman–Crippen MR) is 85.3 cm³/mol. The Morgan fingerprint density at radius 3 is 2.48 bits per heavy atom. The normalized spacial score (nSPS) is 35.7. The van der Waals surface area contributed by atoms with Crippen LogP contribution >= 0.6 is 0 Å². The molecule has 1 saturated carbocycles. The number of likely N-dealkylation sites (tertiary alicyclic amines) is 2. The van der Waals surface area contributed by atoms with Crippen molar-refractivity contribution in [1.82, 2.24) is 4.90 Å². The van der Waals surface area contributed by atoms with Crippen LogP contribution in [0.1, 0.15) is 64.2 Å². The van der Waals surface area contributed by atoms with Crippen LogP contribution in [-0.2, 0) is 4.79 Å². The Balaban J connectivity index is 1.66. The Morgan fingerprint density at radius 2 is 1.71 bits per heavy atom. The fraction of sp³-hybridized carbons (Fsp3) is 0.944. The molecular formula is C18H33N2O+. The lowest BCUT2D eigenvalue weighted by molar-refractivity contribution is -0.889. The monoisotopic (exact) mass is 293 g/mol. The van der Waals surface area contributed by atoms with Gasteiger partial charge in [-0.1, -0.05) is 19.3 Å². The molecule has 21 heavy (non-hydrogen) atoms. The van der Waals surface area contributed by atoms with Crippen molar-refractivity contribution >= 4 is 5.91 Å². The number of carbonyl (C=O) groups is 1. The molecule has 2 heterocycles. The molecule has 2 saturated heterocycles. The van der Waals surface area contributed by atoms with E-state index in [2.05, 4.69) is 11.9 Å². The number of quaternary nitrogens is 1. The van der Waals surface area contributed by atoms with Gasteiger partial charge in [0, 0.05) is 24.4 Å². The molecule has 1 N–H and O–H groups in total. The highest BCUT2D eigenvalue weighted by Gasteiger charge is 2.38. The molecule has 2 aliphatic heterocycles. The van der Waals surface area contributed by atoms with Gasteiger partial charge in [0.2, 0.25) is 5.91 Å². The van der Waals surface area contributed by atoms with Crippen LogP contribution in [0.3, 0.4) is 0 Å². The lowest BCUT2D eigenvalue weighted by Crippen LogP contribution is -3.11. The van der Waals surface area contributed by atoms with Crippen molar-refractivity contribution in [2.45, 2.75) is 70.3 Å². The van der Waals surface area contributed by atoms with Crippen molar-refractivity contribution in [3.05, 3.63) is 0 Å². The predicted octanol–water partition coefficient (Wildman–Crippen LogP) is 1.87. The third-order valence-corrected chi connectivity index (χ3v) is 6.12. The summed E-state index contributed by atoms with van der Waals surface area (Å²) in [6.07, 6.45) is 12.7. The second-order valence-electron chi connectivity index (χ2n) is 7.74. The van der Waals surface area contributed by atoms with Gasteiger partial charge in [-0.2, -0.15) is 0 Å². The van der Waals surface area contributed by atoms with Crippen LogP contribution in [0.15, 0.2) is 0 Å². The molecule has 0 aromatic heterocycles. The minimum atomic E-state index is 0.355. The first kappa shape index (κ1) is 15.3. The molecule has 0 radical (unpaired) electrons. The molecule has 3 aliphatic rings. The van der Waals surface area contributed by atoms with Crippen LogP contribution in [0.5, 0.6) is 0 Å². The van der Waals surface area contributed by atoms with Gasteiger partial charge >= 0.3 is 0 Å². The topological polar surface area (TPSA) is 24.8 Å². The Bertz CT molecular complexity index is 351. The zero-order valence-electron chi connectivity index (χ0n) is 13.8. The standard InChI is InChI=1S/C18H32N2O/c1-19-12-7-10-16(14-19)17-11-5-6-13-20(17)18(21)15-8-3-2-4-9-15/h15-17H,2-14H2,1H3/p+1. The summed E-state index contributed by atoms with van der Waals surface area (Å²) >= 11 is 0. The second kappa shape index (κ2) is 7.13. The van der Waals surface area contributed by atoms with Crippen molar-refractivity contribution in [1.29, 1.82) is 0 Å². The summed E-state index contributed by atoms with van der Waals surface area (Å²) in [7, 11) is 2.32. The van der Waals surface area contributed by atoms with Gasteiger partial charge in [0.25, 0.3) is 0 Å². The van der Waals surface area contributed by atoms with Gasteiger partial charge in [-0.3, -0.25) is 4.79 Å². The van der Waals surface area contributed by atoms with Crippen molar-refractivity contribution in [2.24, 2.45) is 11.8 Å². The van der Waals surface area contributed by atoms with Gasteiger partial charge in [0.05, 0.1) is 20.1 Å². The maximum absolute atomic E-state index is 13.0. The van der Waals surface area contributed by atoms with E-state index < -0.39 is 0 Å². The molecule has 0 aromatic carbocycles. The fourth-order valence-electron chi connectivity index (χ4n) is 4.95. The number of hydrogen-bond donors (Lipinski definition) is 1. The summed E-state index contributed by atoms with van der Waals surface area (Å²) in [5.41, 5.74) is 0. The van der Waals surface area contributed by atoms with Crippen molar-refractivity contribution in [2.75, 3.05) is 26.7 Å². The quantitative estimate of drug-likeness (QED) is 0.826. The van der Waals surface area contributed by atoms with Crippen molar-refractivity contribution < 1.29 is 9.69 Å². The number of piperidine rings is 2. The first-order valence-corrected chi connectivity index (χ1v) is 9.37. The molecule has 0 aromatic rings. The van der Waals surface area contributed by atoms with E-state index in [0.29, 0.717) is 17.9 Å². The lowest BCUT2D eigenvalue weighted by Gasteiger charge is -2.44. The SMILES string of the molecule is C[NH+]1CCCC(C2CCCCN2C(=O)C2CCCCC2)C1. The molecular weight excluding hydrogens is 260 g/mol. The van der Waals surface area contributed by atoms with Crippen molar-refractivity contribution in [3.63, 3.8) is 0 Å². The number of rotatable bonds is 2. The second-order valence-corrected chi connectivity index (χ2v) is 7.74. The molecule has 3 fully saturated rings. The summed E-state index contributed by atoms with van der Waals surface area (Å²) in [6.45, 7) is 3.63. The maximum atomic E-state index is 13.0. The Morgan fingerprint density at radius 1 is 0.952 bits per heavy atom. The van der Waals surface area contributed by atoms with E-state index in [-0.39, 0.29) is 0 Å². The van der Waals surface area contributed by atoms with E-state index >= 15 is 0 Å². The summed E-state index contributed by atoms with van der Waals surface area (Å²) in [4.78, 5) is 17.0. The third-order valence-electron chi connectivity index (χ3n) is 6.12. The van der Waals surface area contributed by atoms with E-state index in [1.807, 2.05) is 0 Å². The molecule has 1 aliphatic carbocycles. The Kier molecular flexibility index (Phi) is 5.20. The average molecular weight is 293 g/mol. The third kappa shape index (κ3) is 3.61. The summed E-state index contributed by atoms with van der Waals surface area (Å²) in [5.74, 6) is 1.63. The zero-order chi connectivity index (χ0) is 14.7. The van der Waals surface area contributed by atoms with Crippen LogP contribution in [0, 0.1) is 11.8 Å². The molecule has 3 rings (SSSR count). The first-order chi connectivity index (χ1) is 10.3. The average Bonchev–Trinajstić information content (AvgIpc) is 2.55. The first-order valence-electron chi connectivity index (χ1n) is 9.37. The number of amides is 1. The highest BCUT2D eigenvalue weighted by atomic mass is 16.2.